The Balaban J connectivity index is 0.00000147. The Kier molecular flexibility index (Phi) is 5.27. The fourth-order valence-corrected chi connectivity index (χ4v) is 2.85. The maximum atomic E-state index is 5.26. The zero-order chi connectivity index (χ0) is 13.1. The van der Waals surface area contributed by atoms with Crippen LogP contribution in [-0.4, -0.2) is 31.6 Å². The summed E-state index contributed by atoms with van der Waals surface area (Å²) in [7, 11) is 1.71. The van der Waals surface area contributed by atoms with Crippen molar-refractivity contribution in [2.75, 3.05) is 26.7 Å². The Morgan fingerprint density at radius 3 is 2.45 bits per heavy atom. The summed E-state index contributed by atoms with van der Waals surface area (Å²) in [5.41, 5.74) is 1.43. The number of hydrogen-bond acceptors (Lipinski definition) is 2. The highest BCUT2D eigenvalue weighted by atomic mass is 35.5. The van der Waals surface area contributed by atoms with Gasteiger partial charge in [-0.25, -0.2) is 0 Å². The van der Waals surface area contributed by atoms with Crippen molar-refractivity contribution in [3.63, 3.8) is 0 Å². The maximum Gasteiger partial charge on any atom is 0.119 e. The summed E-state index contributed by atoms with van der Waals surface area (Å²) in [6, 6.07) is 13.0. The summed E-state index contributed by atoms with van der Waals surface area (Å²) in [4.78, 5) is 2.57. The molecule has 0 amide bonds. The van der Waals surface area contributed by atoms with E-state index in [9.17, 15) is 0 Å². The molecule has 1 saturated heterocycles. The van der Waals surface area contributed by atoms with Gasteiger partial charge in [0.25, 0.3) is 0 Å². The summed E-state index contributed by atoms with van der Waals surface area (Å²) in [6.07, 6.45) is 3.90. The first-order chi connectivity index (χ1) is 9.35. The molecule has 20 heavy (non-hydrogen) atoms. The van der Waals surface area contributed by atoms with E-state index in [1.165, 1.54) is 48.8 Å². The molecule has 1 heterocycles. The second-order valence-electron chi connectivity index (χ2n) is 5.35. The van der Waals surface area contributed by atoms with Gasteiger partial charge in [-0.05, 0) is 60.8 Å². The van der Waals surface area contributed by atoms with Gasteiger partial charge in [0, 0.05) is 6.54 Å². The minimum Gasteiger partial charge on any atom is -0.497 e. The van der Waals surface area contributed by atoms with Crippen LogP contribution in [0.15, 0.2) is 36.4 Å². The van der Waals surface area contributed by atoms with Crippen molar-refractivity contribution < 1.29 is 4.74 Å². The SMILES string of the molecule is COc1ccc2cc(CCN3CCCC3)ccc2c1.Cl. The van der Waals surface area contributed by atoms with Crippen LogP contribution in [0.5, 0.6) is 5.75 Å². The van der Waals surface area contributed by atoms with Gasteiger partial charge in [0.1, 0.15) is 5.75 Å². The summed E-state index contributed by atoms with van der Waals surface area (Å²) in [5.74, 6) is 0.928. The third kappa shape index (κ3) is 3.44. The van der Waals surface area contributed by atoms with Gasteiger partial charge in [0.15, 0.2) is 0 Å². The molecule has 0 atom stereocenters. The molecule has 0 saturated carbocycles. The lowest BCUT2D eigenvalue weighted by Crippen LogP contribution is -2.21. The quantitative estimate of drug-likeness (QED) is 0.847. The van der Waals surface area contributed by atoms with Crippen molar-refractivity contribution in [1.82, 2.24) is 4.90 Å². The van der Waals surface area contributed by atoms with E-state index in [1.54, 1.807) is 7.11 Å². The van der Waals surface area contributed by atoms with Crippen molar-refractivity contribution in [2.45, 2.75) is 19.3 Å². The number of likely N-dealkylation sites (tertiary alicyclic amines) is 1. The smallest absolute Gasteiger partial charge is 0.119 e. The molecule has 1 aliphatic heterocycles. The van der Waals surface area contributed by atoms with E-state index in [4.69, 9.17) is 4.74 Å². The van der Waals surface area contributed by atoms with Crippen molar-refractivity contribution in [2.24, 2.45) is 0 Å². The summed E-state index contributed by atoms with van der Waals surface area (Å²) in [5, 5.41) is 2.56. The lowest BCUT2D eigenvalue weighted by atomic mass is 10.0. The van der Waals surface area contributed by atoms with E-state index in [2.05, 4.69) is 35.2 Å². The number of fused-ring (bicyclic) bond motifs is 1. The van der Waals surface area contributed by atoms with E-state index >= 15 is 0 Å². The van der Waals surface area contributed by atoms with Crippen molar-refractivity contribution in [3.8, 4) is 5.75 Å². The lowest BCUT2D eigenvalue weighted by Gasteiger charge is -2.14. The molecule has 108 valence electrons. The van der Waals surface area contributed by atoms with Crippen LogP contribution >= 0.6 is 12.4 Å². The molecule has 1 fully saturated rings. The fourth-order valence-electron chi connectivity index (χ4n) is 2.85. The summed E-state index contributed by atoms with van der Waals surface area (Å²) >= 11 is 0. The van der Waals surface area contributed by atoms with Crippen LogP contribution in [0.1, 0.15) is 18.4 Å². The summed E-state index contributed by atoms with van der Waals surface area (Å²) < 4.78 is 5.26. The maximum absolute atomic E-state index is 5.26. The van der Waals surface area contributed by atoms with Gasteiger partial charge in [-0.2, -0.15) is 0 Å². The zero-order valence-corrected chi connectivity index (χ0v) is 12.8. The van der Waals surface area contributed by atoms with E-state index in [1.807, 2.05) is 6.07 Å². The molecule has 0 spiro atoms. The largest absolute Gasteiger partial charge is 0.497 e. The number of hydrogen-bond donors (Lipinski definition) is 0. The highest BCUT2D eigenvalue weighted by Gasteiger charge is 2.10. The lowest BCUT2D eigenvalue weighted by molar-refractivity contribution is 0.343. The van der Waals surface area contributed by atoms with Crippen molar-refractivity contribution in [1.29, 1.82) is 0 Å². The number of nitrogens with zero attached hydrogens (tertiary/aromatic N) is 1. The van der Waals surface area contributed by atoms with Crippen LogP contribution in [-0.2, 0) is 6.42 Å². The topological polar surface area (TPSA) is 12.5 Å². The van der Waals surface area contributed by atoms with Gasteiger partial charge in [-0.15, -0.1) is 12.4 Å². The van der Waals surface area contributed by atoms with Gasteiger partial charge < -0.3 is 9.64 Å². The Hall–Kier alpha value is -1.25. The van der Waals surface area contributed by atoms with Crippen LogP contribution in [0.4, 0.5) is 0 Å². The predicted octanol–water partition coefficient (Wildman–Crippen LogP) is 3.91. The molecule has 2 aromatic carbocycles. The summed E-state index contributed by atoms with van der Waals surface area (Å²) in [6.45, 7) is 3.76. The Bertz CT molecular complexity index is 564. The Morgan fingerprint density at radius 1 is 1.00 bits per heavy atom. The van der Waals surface area contributed by atoms with Crippen LogP contribution in [0.25, 0.3) is 10.8 Å². The molecule has 0 N–H and O–H groups in total. The predicted molar refractivity (Wildman–Crippen MR) is 87.1 cm³/mol. The van der Waals surface area contributed by atoms with Gasteiger partial charge in [0.05, 0.1) is 7.11 Å². The molecule has 3 heteroatoms. The van der Waals surface area contributed by atoms with Crippen LogP contribution in [0.3, 0.4) is 0 Å². The van der Waals surface area contributed by atoms with Crippen molar-refractivity contribution in [3.05, 3.63) is 42.0 Å². The molecule has 0 aliphatic carbocycles. The molecule has 0 unspecified atom stereocenters. The van der Waals surface area contributed by atoms with Crippen LogP contribution in [0.2, 0.25) is 0 Å². The van der Waals surface area contributed by atoms with Gasteiger partial charge in [-0.3, -0.25) is 0 Å². The van der Waals surface area contributed by atoms with Crippen LogP contribution < -0.4 is 4.74 Å². The van der Waals surface area contributed by atoms with Crippen molar-refractivity contribution >= 4 is 23.2 Å². The number of benzene rings is 2. The fraction of sp³-hybridized carbons (Fsp3) is 0.412. The molecule has 3 rings (SSSR count). The minimum atomic E-state index is 0. The number of ether oxygens (including phenoxy) is 1. The highest BCUT2D eigenvalue weighted by Crippen LogP contribution is 2.22. The second-order valence-corrected chi connectivity index (χ2v) is 5.35. The first-order valence-electron chi connectivity index (χ1n) is 7.14. The molecule has 2 aromatic rings. The van der Waals surface area contributed by atoms with E-state index in [-0.39, 0.29) is 12.4 Å². The van der Waals surface area contributed by atoms with E-state index < -0.39 is 0 Å². The van der Waals surface area contributed by atoms with Gasteiger partial charge in [-0.1, -0.05) is 24.3 Å². The second kappa shape index (κ2) is 6.96. The van der Waals surface area contributed by atoms with Crippen LogP contribution in [0, 0.1) is 0 Å². The Labute approximate surface area is 127 Å². The van der Waals surface area contributed by atoms with E-state index in [0.717, 1.165) is 12.2 Å². The zero-order valence-electron chi connectivity index (χ0n) is 12.0. The first kappa shape index (κ1) is 15.1. The third-order valence-corrected chi connectivity index (χ3v) is 4.03. The molecular weight excluding hydrogens is 270 g/mol. The van der Waals surface area contributed by atoms with E-state index in [0.29, 0.717) is 0 Å². The molecule has 0 bridgehead atoms. The minimum absolute atomic E-state index is 0. The third-order valence-electron chi connectivity index (χ3n) is 4.03. The number of methoxy groups -OCH3 is 1. The molecule has 0 aromatic heterocycles. The average molecular weight is 292 g/mol. The Morgan fingerprint density at radius 2 is 1.70 bits per heavy atom. The molecule has 0 radical (unpaired) electrons. The average Bonchev–Trinajstić information content (AvgIpc) is 2.97. The molecule has 1 aliphatic rings. The highest BCUT2D eigenvalue weighted by molar-refractivity contribution is 5.85. The van der Waals surface area contributed by atoms with Gasteiger partial charge >= 0.3 is 0 Å². The normalized spacial score (nSPS) is 15.2. The number of rotatable bonds is 4. The first-order valence-corrected chi connectivity index (χ1v) is 7.14. The monoisotopic (exact) mass is 291 g/mol. The van der Waals surface area contributed by atoms with Gasteiger partial charge in [0.2, 0.25) is 0 Å². The number of halogens is 1. The molecular formula is C17H22ClNO. The molecule has 2 nitrogen and oxygen atoms in total. The standard InChI is InChI=1S/C17H21NO.ClH/c1-19-17-7-6-15-12-14(4-5-16(15)13-17)8-11-18-9-2-3-10-18;/h4-7,12-13H,2-3,8-11H2,1H3;1H.